The fourth-order valence-electron chi connectivity index (χ4n) is 2.53. The van der Waals surface area contributed by atoms with Gasteiger partial charge in [0.05, 0.1) is 3.55 Å². The van der Waals surface area contributed by atoms with Crippen LogP contribution in [-0.4, -0.2) is 34.6 Å². The summed E-state index contributed by atoms with van der Waals surface area (Å²) in [7, 11) is 0. The Hall–Kier alpha value is 0.650. The summed E-state index contributed by atoms with van der Waals surface area (Å²) in [5.74, 6) is 0. The first-order valence-corrected chi connectivity index (χ1v) is 6.25. The Labute approximate surface area is 94.6 Å². The van der Waals surface area contributed by atoms with E-state index in [0.29, 0.717) is 8.96 Å². The van der Waals surface area contributed by atoms with Gasteiger partial charge < -0.3 is 5.32 Å². The van der Waals surface area contributed by atoms with Gasteiger partial charge in [0, 0.05) is 19.6 Å². The highest BCUT2D eigenvalue weighted by Crippen LogP contribution is 2.40. The largest absolute Gasteiger partial charge is 0.316 e. The number of rotatable bonds is 1. The lowest BCUT2D eigenvalue weighted by atomic mass is 9.86. The van der Waals surface area contributed by atoms with Crippen molar-refractivity contribution in [2.75, 3.05) is 26.2 Å². The van der Waals surface area contributed by atoms with E-state index in [1.807, 2.05) is 0 Å². The number of hydrogen-bond acceptors (Lipinski definition) is 2. The SMILES string of the molecule is CC(C)(I)N1CCC2(CCNC2)C1. The van der Waals surface area contributed by atoms with Gasteiger partial charge in [-0.05, 0) is 38.6 Å². The lowest BCUT2D eigenvalue weighted by Crippen LogP contribution is -2.39. The van der Waals surface area contributed by atoms with E-state index in [0.717, 1.165) is 0 Å². The summed E-state index contributed by atoms with van der Waals surface area (Å²) < 4.78 is 0.337. The summed E-state index contributed by atoms with van der Waals surface area (Å²) in [4.78, 5) is 2.63. The number of halogens is 1. The molecule has 0 aromatic heterocycles. The van der Waals surface area contributed by atoms with Gasteiger partial charge in [0.25, 0.3) is 0 Å². The number of alkyl halides is 1. The normalized spacial score (nSPS) is 36.2. The van der Waals surface area contributed by atoms with Crippen LogP contribution < -0.4 is 5.32 Å². The van der Waals surface area contributed by atoms with Crippen LogP contribution in [0.1, 0.15) is 26.7 Å². The minimum atomic E-state index is 0.337. The number of nitrogens with one attached hydrogen (secondary N) is 1. The Morgan fingerprint density at radius 2 is 2.15 bits per heavy atom. The van der Waals surface area contributed by atoms with E-state index in [1.54, 1.807) is 0 Å². The third-order valence-electron chi connectivity index (χ3n) is 3.52. The Kier molecular flexibility index (Phi) is 2.62. The molecular weight excluding hydrogens is 275 g/mol. The van der Waals surface area contributed by atoms with Gasteiger partial charge in [-0.1, -0.05) is 22.6 Å². The number of likely N-dealkylation sites (tertiary alicyclic amines) is 1. The first-order valence-electron chi connectivity index (χ1n) is 5.17. The quantitative estimate of drug-likeness (QED) is 0.451. The van der Waals surface area contributed by atoms with E-state index in [4.69, 9.17) is 0 Å². The smallest absolute Gasteiger partial charge is 0.0673 e. The summed E-state index contributed by atoms with van der Waals surface area (Å²) in [6, 6.07) is 0. The monoisotopic (exact) mass is 294 g/mol. The molecule has 0 aliphatic carbocycles. The van der Waals surface area contributed by atoms with E-state index in [9.17, 15) is 0 Å². The molecule has 0 aromatic rings. The van der Waals surface area contributed by atoms with Gasteiger partial charge in [0.15, 0.2) is 0 Å². The zero-order chi connectivity index (χ0) is 9.53. The number of nitrogens with zero attached hydrogens (tertiary/aromatic N) is 1. The molecule has 0 radical (unpaired) electrons. The van der Waals surface area contributed by atoms with Gasteiger partial charge in [-0.25, -0.2) is 0 Å². The van der Waals surface area contributed by atoms with Gasteiger partial charge in [-0.2, -0.15) is 0 Å². The van der Waals surface area contributed by atoms with Crippen molar-refractivity contribution in [1.29, 1.82) is 0 Å². The molecule has 0 aromatic carbocycles. The zero-order valence-electron chi connectivity index (χ0n) is 8.57. The van der Waals surface area contributed by atoms with E-state index >= 15 is 0 Å². The molecular formula is C10H19IN2. The summed E-state index contributed by atoms with van der Waals surface area (Å²) in [6.07, 6.45) is 2.78. The van der Waals surface area contributed by atoms with Crippen LogP contribution >= 0.6 is 22.6 Å². The second-order valence-electron chi connectivity index (χ2n) is 5.01. The van der Waals surface area contributed by atoms with Crippen molar-refractivity contribution in [3.05, 3.63) is 0 Å². The van der Waals surface area contributed by atoms with Crippen molar-refractivity contribution >= 4 is 22.6 Å². The highest BCUT2D eigenvalue weighted by molar-refractivity contribution is 14.1. The minimum Gasteiger partial charge on any atom is -0.316 e. The Balaban J connectivity index is 2.01. The van der Waals surface area contributed by atoms with Crippen molar-refractivity contribution in [2.45, 2.75) is 30.2 Å². The molecule has 2 heterocycles. The average molecular weight is 294 g/mol. The fraction of sp³-hybridized carbons (Fsp3) is 1.00. The molecule has 3 heteroatoms. The fourth-order valence-corrected chi connectivity index (χ4v) is 2.94. The standard InChI is InChI=1S/C10H19IN2/c1-9(2,11)13-6-4-10(8-13)3-5-12-7-10/h12H,3-8H2,1-2H3. The average Bonchev–Trinajstić information content (AvgIpc) is 2.60. The molecule has 0 bridgehead atoms. The Morgan fingerprint density at radius 1 is 1.38 bits per heavy atom. The maximum atomic E-state index is 3.50. The predicted octanol–water partition coefficient (Wildman–Crippen LogP) is 1.84. The second-order valence-corrected chi connectivity index (χ2v) is 7.65. The topological polar surface area (TPSA) is 15.3 Å². The molecule has 2 fully saturated rings. The van der Waals surface area contributed by atoms with Gasteiger partial charge in [0.1, 0.15) is 0 Å². The molecule has 76 valence electrons. The maximum Gasteiger partial charge on any atom is 0.0673 e. The van der Waals surface area contributed by atoms with Crippen LogP contribution in [0.15, 0.2) is 0 Å². The zero-order valence-corrected chi connectivity index (χ0v) is 10.7. The highest BCUT2D eigenvalue weighted by atomic mass is 127. The minimum absolute atomic E-state index is 0.337. The van der Waals surface area contributed by atoms with Crippen LogP contribution in [0.5, 0.6) is 0 Å². The van der Waals surface area contributed by atoms with Crippen molar-refractivity contribution in [3.63, 3.8) is 0 Å². The summed E-state index contributed by atoms with van der Waals surface area (Å²) in [5, 5.41) is 3.50. The van der Waals surface area contributed by atoms with Gasteiger partial charge in [0.2, 0.25) is 0 Å². The lowest BCUT2D eigenvalue weighted by molar-refractivity contribution is 0.222. The van der Waals surface area contributed by atoms with Crippen LogP contribution in [0.4, 0.5) is 0 Å². The summed E-state index contributed by atoms with van der Waals surface area (Å²) >= 11 is 2.55. The third-order valence-corrected chi connectivity index (χ3v) is 4.20. The van der Waals surface area contributed by atoms with E-state index < -0.39 is 0 Å². The molecule has 0 amide bonds. The van der Waals surface area contributed by atoms with Crippen LogP contribution in [0.25, 0.3) is 0 Å². The van der Waals surface area contributed by atoms with E-state index in [1.165, 1.54) is 39.0 Å². The second kappa shape index (κ2) is 3.35. The maximum absolute atomic E-state index is 3.50. The highest BCUT2D eigenvalue weighted by Gasteiger charge is 2.43. The molecule has 1 spiro atoms. The molecule has 0 saturated carbocycles. The van der Waals surface area contributed by atoms with Crippen molar-refractivity contribution in [3.8, 4) is 0 Å². The van der Waals surface area contributed by atoms with Crippen molar-refractivity contribution in [2.24, 2.45) is 5.41 Å². The molecule has 1 unspecified atom stereocenters. The van der Waals surface area contributed by atoms with E-state index in [-0.39, 0.29) is 0 Å². The predicted molar refractivity (Wildman–Crippen MR) is 64.2 cm³/mol. The summed E-state index contributed by atoms with van der Waals surface area (Å²) in [5.41, 5.74) is 0.627. The Morgan fingerprint density at radius 3 is 2.62 bits per heavy atom. The summed E-state index contributed by atoms with van der Waals surface area (Å²) in [6.45, 7) is 9.70. The van der Waals surface area contributed by atoms with Crippen LogP contribution in [0.3, 0.4) is 0 Å². The molecule has 2 aliphatic rings. The van der Waals surface area contributed by atoms with Gasteiger partial charge in [-0.3, -0.25) is 4.90 Å². The molecule has 2 aliphatic heterocycles. The van der Waals surface area contributed by atoms with Crippen LogP contribution in [-0.2, 0) is 0 Å². The molecule has 2 saturated heterocycles. The molecule has 2 nitrogen and oxygen atoms in total. The van der Waals surface area contributed by atoms with Gasteiger partial charge >= 0.3 is 0 Å². The molecule has 1 atom stereocenters. The number of hydrogen-bond donors (Lipinski definition) is 1. The lowest BCUT2D eigenvalue weighted by Gasteiger charge is -2.31. The first-order chi connectivity index (χ1) is 6.02. The van der Waals surface area contributed by atoms with Gasteiger partial charge in [-0.15, -0.1) is 0 Å². The molecule has 1 N–H and O–H groups in total. The van der Waals surface area contributed by atoms with Crippen molar-refractivity contribution < 1.29 is 0 Å². The first kappa shape index (κ1) is 10.2. The third kappa shape index (κ3) is 2.02. The Bertz CT molecular complexity index is 192. The molecule has 2 rings (SSSR count). The van der Waals surface area contributed by atoms with Crippen molar-refractivity contribution in [1.82, 2.24) is 10.2 Å². The van der Waals surface area contributed by atoms with E-state index in [2.05, 4.69) is 46.7 Å². The van der Waals surface area contributed by atoms with Crippen LogP contribution in [0, 0.1) is 5.41 Å². The molecule has 13 heavy (non-hydrogen) atoms. The van der Waals surface area contributed by atoms with Crippen LogP contribution in [0.2, 0.25) is 0 Å².